The molecule has 0 radical (unpaired) electrons. The third kappa shape index (κ3) is 9.75. The van der Waals surface area contributed by atoms with Gasteiger partial charge in [0.15, 0.2) is 0 Å². The van der Waals surface area contributed by atoms with Crippen molar-refractivity contribution in [3.8, 4) is 0 Å². The molecule has 0 aliphatic heterocycles. The molecule has 0 aromatic rings. The smallest absolute Gasteiger partial charge is 0.245 e. The predicted molar refractivity (Wildman–Crippen MR) is 70.4 cm³/mol. The average Bonchev–Trinajstić information content (AvgIpc) is 2.26. The molecule has 0 atom stereocenters. The van der Waals surface area contributed by atoms with Crippen molar-refractivity contribution in [2.24, 2.45) is 0 Å². The van der Waals surface area contributed by atoms with Gasteiger partial charge in [-0.25, -0.2) is 0 Å². The fourth-order valence-electron chi connectivity index (χ4n) is 1.55. The number of hydrogen-bond donors (Lipinski definition) is 0. The van der Waals surface area contributed by atoms with E-state index in [4.69, 9.17) is 0 Å². The lowest BCUT2D eigenvalue weighted by Gasteiger charge is -2.04. The van der Waals surface area contributed by atoms with Gasteiger partial charge in [-0.2, -0.15) is 0 Å². The van der Waals surface area contributed by atoms with Gasteiger partial charge in [-0.3, -0.25) is 4.79 Å². The largest absolute Gasteiger partial charge is 0.345 e. The third-order valence-electron chi connectivity index (χ3n) is 2.68. The van der Waals surface area contributed by atoms with Crippen molar-refractivity contribution >= 4 is 5.91 Å². The molecule has 0 N–H and O–H groups in total. The normalized spacial score (nSPS) is 10.9. The first-order chi connectivity index (χ1) is 7.68. The standard InChI is InChI=1S/C14H27NO/c1-4-5-6-7-8-9-10-11-12-13-14(16)15(2)3/h12-13H,4-11H2,1-3H3. The second-order valence-corrected chi connectivity index (χ2v) is 4.55. The van der Waals surface area contributed by atoms with Crippen LogP contribution in [0.15, 0.2) is 12.2 Å². The Morgan fingerprint density at radius 3 is 2.12 bits per heavy atom. The maximum absolute atomic E-state index is 11.2. The van der Waals surface area contributed by atoms with Gasteiger partial charge in [0.2, 0.25) is 5.91 Å². The van der Waals surface area contributed by atoms with Gasteiger partial charge in [-0.1, -0.05) is 51.5 Å². The third-order valence-corrected chi connectivity index (χ3v) is 2.68. The molecule has 0 unspecified atom stereocenters. The van der Waals surface area contributed by atoms with Crippen LogP contribution in [0.4, 0.5) is 0 Å². The lowest BCUT2D eigenvalue weighted by Crippen LogP contribution is -2.18. The molecule has 0 saturated heterocycles. The first-order valence-corrected chi connectivity index (χ1v) is 6.56. The molecule has 0 fully saturated rings. The average molecular weight is 225 g/mol. The van der Waals surface area contributed by atoms with Gasteiger partial charge in [0.05, 0.1) is 0 Å². The van der Waals surface area contributed by atoms with Crippen molar-refractivity contribution in [2.45, 2.75) is 58.3 Å². The summed E-state index contributed by atoms with van der Waals surface area (Å²) in [5.41, 5.74) is 0. The monoisotopic (exact) mass is 225 g/mol. The van der Waals surface area contributed by atoms with Crippen LogP contribution in [0.1, 0.15) is 58.3 Å². The van der Waals surface area contributed by atoms with Gasteiger partial charge in [-0.15, -0.1) is 0 Å². The highest BCUT2D eigenvalue weighted by molar-refractivity contribution is 5.86. The summed E-state index contributed by atoms with van der Waals surface area (Å²) in [6.45, 7) is 2.24. The lowest BCUT2D eigenvalue weighted by molar-refractivity contribution is -0.123. The molecule has 94 valence electrons. The highest BCUT2D eigenvalue weighted by Crippen LogP contribution is 2.08. The minimum Gasteiger partial charge on any atom is -0.345 e. The van der Waals surface area contributed by atoms with E-state index in [1.165, 1.54) is 44.9 Å². The van der Waals surface area contributed by atoms with Crippen LogP contribution in [0.3, 0.4) is 0 Å². The Morgan fingerprint density at radius 2 is 1.56 bits per heavy atom. The molecule has 0 bridgehead atoms. The Kier molecular flexibility index (Phi) is 10.2. The number of likely N-dealkylation sites (N-methyl/N-ethyl adjacent to an activating group) is 1. The Labute approximate surface area is 101 Å². The van der Waals surface area contributed by atoms with Crippen LogP contribution in [0, 0.1) is 0 Å². The molecule has 0 saturated carbocycles. The van der Waals surface area contributed by atoms with E-state index in [-0.39, 0.29) is 5.91 Å². The van der Waals surface area contributed by atoms with Crippen molar-refractivity contribution in [3.05, 3.63) is 12.2 Å². The molecule has 0 aliphatic carbocycles. The van der Waals surface area contributed by atoms with Crippen LogP contribution in [-0.4, -0.2) is 24.9 Å². The van der Waals surface area contributed by atoms with Crippen LogP contribution < -0.4 is 0 Å². The number of carbonyl (C=O) groups excluding carboxylic acids is 1. The summed E-state index contributed by atoms with van der Waals surface area (Å²) in [5.74, 6) is 0.0861. The SMILES string of the molecule is CCCCCCCCCC=CC(=O)N(C)C. The van der Waals surface area contributed by atoms with Crippen molar-refractivity contribution in [2.75, 3.05) is 14.1 Å². The van der Waals surface area contributed by atoms with E-state index in [1.807, 2.05) is 6.08 Å². The summed E-state index contributed by atoms with van der Waals surface area (Å²) < 4.78 is 0. The van der Waals surface area contributed by atoms with Crippen molar-refractivity contribution < 1.29 is 4.79 Å². The molecule has 0 rings (SSSR count). The lowest BCUT2D eigenvalue weighted by atomic mass is 10.1. The molecular weight excluding hydrogens is 198 g/mol. The second-order valence-electron chi connectivity index (χ2n) is 4.55. The first-order valence-electron chi connectivity index (χ1n) is 6.56. The highest BCUT2D eigenvalue weighted by atomic mass is 16.2. The number of amides is 1. The van der Waals surface area contributed by atoms with Gasteiger partial charge in [0.1, 0.15) is 0 Å². The second kappa shape index (κ2) is 10.7. The molecule has 2 nitrogen and oxygen atoms in total. The zero-order valence-corrected chi connectivity index (χ0v) is 11.2. The Bertz CT molecular complexity index is 197. The maximum atomic E-state index is 11.2. The van der Waals surface area contributed by atoms with Crippen molar-refractivity contribution in [1.29, 1.82) is 0 Å². The van der Waals surface area contributed by atoms with Crippen LogP contribution in [0.5, 0.6) is 0 Å². The van der Waals surface area contributed by atoms with E-state index in [2.05, 4.69) is 6.92 Å². The molecule has 16 heavy (non-hydrogen) atoms. The minimum absolute atomic E-state index is 0.0861. The summed E-state index contributed by atoms with van der Waals surface area (Å²) in [7, 11) is 3.56. The number of rotatable bonds is 9. The predicted octanol–water partition coefficient (Wildman–Crippen LogP) is 3.77. The number of carbonyl (C=O) groups is 1. The van der Waals surface area contributed by atoms with E-state index in [1.54, 1.807) is 25.1 Å². The van der Waals surface area contributed by atoms with Crippen LogP contribution in [0.2, 0.25) is 0 Å². The maximum Gasteiger partial charge on any atom is 0.245 e. The number of allylic oxidation sites excluding steroid dienone is 1. The van der Waals surface area contributed by atoms with E-state index in [0.29, 0.717) is 0 Å². The fourth-order valence-corrected chi connectivity index (χ4v) is 1.55. The summed E-state index contributed by atoms with van der Waals surface area (Å²) >= 11 is 0. The van der Waals surface area contributed by atoms with Crippen LogP contribution in [0.25, 0.3) is 0 Å². The fraction of sp³-hybridized carbons (Fsp3) is 0.786. The highest BCUT2D eigenvalue weighted by Gasteiger charge is 1.95. The summed E-state index contributed by atoms with van der Waals surface area (Å²) in [5, 5.41) is 0. The van der Waals surface area contributed by atoms with Crippen LogP contribution >= 0.6 is 0 Å². The summed E-state index contributed by atoms with van der Waals surface area (Å²) in [6, 6.07) is 0. The quantitative estimate of drug-likeness (QED) is 0.432. The topological polar surface area (TPSA) is 20.3 Å². The van der Waals surface area contributed by atoms with Crippen LogP contribution in [-0.2, 0) is 4.79 Å². The number of hydrogen-bond acceptors (Lipinski definition) is 1. The number of unbranched alkanes of at least 4 members (excludes halogenated alkanes) is 7. The summed E-state index contributed by atoms with van der Waals surface area (Å²) in [6.07, 6.45) is 14.0. The van der Waals surface area contributed by atoms with Gasteiger partial charge < -0.3 is 4.90 Å². The molecule has 0 heterocycles. The zero-order valence-electron chi connectivity index (χ0n) is 11.2. The van der Waals surface area contributed by atoms with Crippen molar-refractivity contribution in [3.63, 3.8) is 0 Å². The molecule has 2 heteroatoms. The van der Waals surface area contributed by atoms with E-state index < -0.39 is 0 Å². The Balaban J connectivity index is 3.24. The van der Waals surface area contributed by atoms with Gasteiger partial charge in [-0.05, 0) is 18.9 Å². The van der Waals surface area contributed by atoms with Gasteiger partial charge in [0.25, 0.3) is 0 Å². The zero-order chi connectivity index (χ0) is 12.2. The number of nitrogens with zero attached hydrogens (tertiary/aromatic N) is 1. The van der Waals surface area contributed by atoms with E-state index >= 15 is 0 Å². The molecule has 0 spiro atoms. The summed E-state index contributed by atoms with van der Waals surface area (Å²) in [4.78, 5) is 12.8. The van der Waals surface area contributed by atoms with Gasteiger partial charge in [0, 0.05) is 14.1 Å². The van der Waals surface area contributed by atoms with E-state index in [9.17, 15) is 4.79 Å². The minimum atomic E-state index is 0.0861. The molecule has 0 aromatic carbocycles. The first kappa shape index (κ1) is 15.2. The Morgan fingerprint density at radius 1 is 1.00 bits per heavy atom. The van der Waals surface area contributed by atoms with E-state index in [0.717, 1.165) is 6.42 Å². The van der Waals surface area contributed by atoms with Crippen molar-refractivity contribution in [1.82, 2.24) is 4.90 Å². The molecule has 0 aliphatic rings. The molecule has 1 amide bonds. The Hall–Kier alpha value is -0.790. The molecule has 0 aromatic heterocycles. The van der Waals surface area contributed by atoms with Gasteiger partial charge >= 0.3 is 0 Å². The molecular formula is C14H27NO.